The van der Waals surface area contributed by atoms with Crippen molar-refractivity contribution in [2.75, 3.05) is 23.0 Å². The van der Waals surface area contributed by atoms with Crippen LogP contribution in [-0.4, -0.2) is 65.2 Å². The Morgan fingerprint density at radius 1 is 1.28 bits per heavy atom. The van der Waals surface area contributed by atoms with E-state index in [2.05, 4.69) is 27.3 Å². The minimum absolute atomic E-state index is 0.00416. The fourth-order valence-electron chi connectivity index (χ4n) is 4.16. The summed E-state index contributed by atoms with van der Waals surface area (Å²) in [5.74, 6) is 5.53. The molecule has 10 nitrogen and oxygen atoms in total. The Balaban J connectivity index is 1.26. The zero-order valence-corrected chi connectivity index (χ0v) is 20.1. The third-order valence-electron chi connectivity index (χ3n) is 5.92. The highest BCUT2D eigenvalue weighted by Crippen LogP contribution is 2.31. The van der Waals surface area contributed by atoms with Crippen molar-refractivity contribution in [3.05, 3.63) is 65.1 Å². The lowest BCUT2D eigenvalue weighted by Crippen LogP contribution is -2.31. The molecule has 2 atom stereocenters. The van der Waals surface area contributed by atoms with Crippen molar-refractivity contribution >= 4 is 27.4 Å². The Kier molecular flexibility index (Phi) is 6.42. The van der Waals surface area contributed by atoms with Crippen LogP contribution in [0.1, 0.15) is 29.1 Å². The second-order valence-corrected chi connectivity index (χ2v) is 10.8. The van der Waals surface area contributed by atoms with Crippen LogP contribution in [0.2, 0.25) is 0 Å². The third kappa shape index (κ3) is 5.22. The molecule has 12 heteroatoms. The Labute approximate surface area is 206 Å². The van der Waals surface area contributed by atoms with Crippen molar-refractivity contribution < 1.29 is 26.9 Å². The number of hydrogen-bond acceptors (Lipinski definition) is 9. The van der Waals surface area contributed by atoms with Crippen LogP contribution in [0.4, 0.5) is 10.1 Å². The summed E-state index contributed by atoms with van der Waals surface area (Å²) in [5, 5.41) is 11.8. The molecular formula is C24H22FN5O5S. The van der Waals surface area contributed by atoms with Gasteiger partial charge in [-0.2, -0.15) is 0 Å². The molecule has 3 aromatic rings. The van der Waals surface area contributed by atoms with Crippen LogP contribution in [0.5, 0.6) is 0 Å². The number of rotatable bonds is 5. The predicted octanol–water partition coefficient (Wildman–Crippen LogP) is 1.75. The molecule has 1 fully saturated rings. The lowest BCUT2D eigenvalue weighted by atomic mass is 10.0. The second kappa shape index (κ2) is 9.67. The SMILES string of the molecule is Cc1cc(C#Cc2cn(C[C@H]3CN(c4ccc(C5=CCS(=O)(=O)CC5)c(F)c4)C(C=O)O3)nn2)on1. The monoisotopic (exact) mass is 511 g/mol. The summed E-state index contributed by atoms with van der Waals surface area (Å²) in [7, 11) is -3.10. The van der Waals surface area contributed by atoms with Gasteiger partial charge in [0.15, 0.2) is 28.0 Å². The van der Waals surface area contributed by atoms with Crippen LogP contribution < -0.4 is 4.90 Å². The normalized spacial score (nSPS) is 21.1. The van der Waals surface area contributed by atoms with Crippen LogP contribution in [0.25, 0.3) is 5.57 Å². The van der Waals surface area contributed by atoms with E-state index >= 15 is 0 Å². The van der Waals surface area contributed by atoms with E-state index in [9.17, 15) is 17.6 Å². The molecule has 2 aliphatic rings. The van der Waals surface area contributed by atoms with Crippen molar-refractivity contribution in [3.63, 3.8) is 0 Å². The van der Waals surface area contributed by atoms with E-state index in [1.165, 1.54) is 6.07 Å². The molecule has 0 N–H and O–H groups in total. The summed E-state index contributed by atoms with van der Waals surface area (Å²) in [6.45, 7) is 2.45. The highest BCUT2D eigenvalue weighted by molar-refractivity contribution is 7.91. The summed E-state index contributed by atoms with van der Waals surface area (Å²) in [6.07, 6.45) is 2.88. The summed E-state index contributed by atoms with van der Waals surface area (Å²) in [4.78, 5) is 13.4. The number of anilines is 1. The fraction of sp³-hybridized carbons (Fsp3) is 0.333. The first kappa shape index (κ1) is 23.9. The van der Waals surface area contributed by atoms with Gasteiger partial charge in [0.05, 0.1) is 36.0 Å². The average molecular weight is 512 g/mol. The van der Waals surface area contributed by atoms with E-state index in [0.717, 1.165) is 5.69 Å². The molecule has 1 saturated heterocycles. The Morgan fingerprint density at radius 2 is 2.14 bits per heavy atom. The van der Waals surface area contributed by atoms with E-state index in [1.54, 1.807) is 47.0 Å². The number of hydrogen-bond donors (Lipinski definition) is 0. The number of halogens is 1. The first-order chi connectivity index (χ1) is 17.3. The predicted molar refractivity (Wildman–Crippen MR) is 127 cm³/mol. The zero-order valence-electron chi connectivity index (χ0n) is 19.3. The molecule has 36 heavy (non-hydrogen) atoms. The standard InChI is InChI=1S/C24H22FN5O5S/c1-16-10-20(35-27-16)4-2-18-12-29(28-26-18)13-21-14-30(24(15-31)34-21)19-3-5-22(23(25)11-19)17-6-8-36(32,33)9-7-17/h3,5-6,10-12,15,21,24H,7-9,13-14H2,1H3/t21-,24?/m0/s1. The van der Waals surface area contributed by atoms with E-state index in [1.807, 2.05) is 0 Å². The maximum absolute atomic E-state index is 15.0. The average Bonchev–Trinajstić information content (AvgIpc) is 3.58. The quantitative estimate of drug-likeness (QED) is 0.373. The molecule has 0 spiro atoms. The van der Waals surface area contributed by atoms with Gasteiger partial charge in [-0.3, -0.25) is 4.79 Å². The molecule has 0 saturated carbocycles. The summed E-state index contributed by atoms with van der Waals surface area (Å²) >= 11 is 0. The van der Waals surface area contributed by atoms with Crippen molar-refractivity contribution in [2.24, 2.45) is 0 Å². The fourth-order valence-corrected chi connectivity index (χ4v) is 5.32. The largest absolute Gasteiger partial charge is 0.347 e. The van der Waals surface area contributed by atoms with E-state index in [-0.39, 0.29) is 17.9 Å². The third-order valence-corrected chi connectivity index (χ3v) is 7.42. The van der Waals surface area contributed by atoms with Gasteiger partial charge in [-0.25, -0.2) is 17.5 Å². The molecule has 0 aliphatic carbocycles. The first-order valence-corrected chi connectivity index (χ1v) is 13.0. The van der Waals surface area contributed by atoms with Crippen LogP contribution in [0, 0.1) is 24.6 Å². The van der Waals surface area contributed by atoms with Gasteiger partial charge in [0, 0.05) is 23.9 Å². The van der Waals surface area contributed by atoms with Gasteiger partial charge < -0.3 is 14.2 Å². The van der Waals surface area contributed by atoms with Gasteiger partial charge in [-0.1, -0.05) is 16.4 Å². The molecule has 186 valence electrons. The number of carbonyl (C=O) groups is 1. The minimum Gasteiger partial charge on any atom is -0.347 e. The Morgan fingerprint density at radius 3 is 2.83 bits per heavy atom. The van der Waals surface area contributed by atoms with Gasteiger partial charge in [0.2, 0.25) is 5.76 Å². The molecule has 2 aliphatic heterocycles. The number of nitrogens with zero attached hydrogens (tertiary/aromatic N) is 5. The molecule has 4 heterocycles. The number of aldehydes is 1. The van der Waals surface area contributed by atoms with Crippen LogP contribution in [0.3, 0.4) is 0 Å². The lowest BCUT2D eigenvalue weighted by molar-refractivity contribution is -0.117. The van der Waals surface area contributed by atoms with Gasteiger partial charge in [-0.15, -0.1) is 5.10 Å². The maximum Gasteiger partial charge on any atom is 0.210 e. The van der Waals surface area contributed by atoms with Crippen molar-refractivity contribution in [3.8, 4) is 11.8 Å². The molecular weight excluding hydrogens is 489 g/mol. The van der Waals surface area contributed by atoms with E-state index in [4.69, 9.17) is 9.26 Å². The van der Waals surface area contributed by atoms with E-state index < -0.39 is 28.0 Å². The zero-order chi connectivity index (χ0) is 25.3. The molecule has 0 radical (unpaired) electrons. The van der Waals surface area contributed by atoms with Crippen molar-refractivity contribution in [2.45, 2.75) is 32.2 Å². The van der Waals surface area contributed by atoms with Gasteiger partial charge in [-0.05, 0) is 49.0 Å². The smallest absolute Gasteiger partial charge is 0.210 e. The number of aryl methyl sites for hydroxylation is 1. The van der Waals surface area contributed by atoms with E-state index in [0.29, 0.717) is 47.7 Å². The second-order valence-electron chi connectivity index (χ2n) is 8.60. The molecule has 5 rings (SSSR count). The van der Waals surface area contributed by atoms with Crippen molar-refractivity contribution in [1.29, 1.82) is 0 Å². The minimum atomic E-state index is -3.10. The Hall–Kier alpha value is -3.82. The molecule has 1 unspecified atom stereocenters. The summed E-state index contributed by atoms with van der Waals surface area (Å²) in [6, 6.07) is 6.38. The Bertz CT molecular complexity index is 1500. The molecule has 2 aromatic heterocycles. The van der Waals surface area contributed by atoms with Crippen LogP contribution in [0.15, 0.2) is 41.1 Å². The first-order valence-electron chi connectivity index (χ1n) is 11.2. The van der Waals surface area contributed by atoms with Crippen LogP contribution in [-0.2, 0) is 25.9 Å². The van der Waals surface area contributed by atoms with Gasteiger partial charge >= 0.3 is 0 Å². The molecule has 1 aromatic carbocycles. The number of sulfone groups is 1. The summed E-state index contributed by atoms with van der Waals surface area (Å²) < 4.78 is 50.7. The number of allylic oxidation sites excluding steroid dienone is 1. The molecule has 0 bridgehead atoms. The highest BCUT2D eigenvalue weighted by Gasteiger charge is 2.34. The number of benzene rings is 1. The number of ether oxygens (including phenoxy) is 1. The lowest BCUT2D eigenvalue weighted by Gasteiger charge is -2.22. The van der Waals surface area contributed by atoms with Crippen molar-refractivity contribution in [1.82, 2.24) is 20.2 Å². The number of aromatic nitrogens is 4. The summed E-state index contributed by atoms with van der Waals surface area (Å²) in [5.41, 5.74) is 2.69. The van der Waals surface area contributed by atoms with Crippen LogP contribution >= 0.6 is 0 Å². The van der Waals surface area contributed by atoms with Gasteiger partial charge in [0.25, 0.3) is 0 Å². The topological polar surface area (TPSA) is 120 Å². The number of carbonyl (C=O) groups excluding carboxylic acids is 1. The van der Waals surface area contributed by atoms with Gasteiger partial charge in [0.1, 0.15) is 5.82 Å². The maximum atomic E-state index is 15.0. The highest BCUT2D eigenvalue weighted by atomic mass is 32.2. The molecule has 0 amide bonds.